The molecule has 2 aromatic rings. The molecule has 0 saturated carbocycles. The fourth-order valence-electron chi connectivity index (χ4n) is 2.88. The van der Waals surface area contributed by atoms with Gasteiger partial charge < -0.3 is 4.74 Å². The van der Waals surface area contributed by atoms with E-state index >= 15 is 0 Å². The molecule has 0 heterocycles. The predicted octanol–water partition coefficient (Wildman–Crippen LogP) is 4.33. The molecule has 0 aromatic heterocycles. The van der Waals surface area contributed by atoms with Crippen molar-refractivity contribution in [2.24, 2.45) is 0 Å². The molecular formula is C21H26O2Si. The molecular weight excluding hydrogens is 312 g/mol. The Balaban J connectivity index is 2.10. The van der Waals surface area contributed by atoms with Gasteiger partial charge in [-0.1, -0.05) is 85.0 Å². The van der Waals surface area contributed by atoms with Crippen LogP contribution in [0.5, 0.6) is 0 Å². The standard InChI is InChI=1S/C21H26O2Si/c1-23-21(22)19(14-10-13-18-11-6-4-7-12-18)17-24(2,3)20-15-8-5-9-16-20/h4-9,11-12,14-16H,10,13,17H2,1-3H3/b19-14-. The van der Waals surface area contributed by atoms with Crippen LogP contribution in [0.25, 0.3) is 0 Å². The van der Waals surface area contributed by atoms with E-state index in [0.29, 0.717) is 0 Å². The van der Waals surface area contributed by atoms with Crippen LogP contribution in [0.2, 0.25) is 19.1 Å². The quantitative estimate of drug-likeness (QED) is 0.426. The van der Waals surface area contributed by atoms with Gasteiger partial charge in [0, 0.05) is 5.57 Å². The number of aryl methyl sites for hydroxylation is 1. The molecule has 0 aliphatic heterocycles. The fraction of sp³-hybridized carbons (Fsp3) is 0.286. The summed E-state index contributed by atoms with van der Waals surface area (Å²) in [6.07, 6.45) is 3.86. The van der Waals surface area contributed by atoms with Gasteiger partial charge in [-0.25, -0.2) is 4.79 Å². The Labute approximate surface area is 146 Å². The van der Waals surface area contributed by atoms with Crippen molar-refractivity contribution in [3.05, 3.63) is 77.9 Å². The van der Waals surface area contributed by atoms with Crippen molar-refractivity contribution in [2.45, 2.75) is 32.0 Å². The first kappa shape index (κ1) is 18.2. The lowest BCUT2D eigenvalue weighted by Gasteiger charge is -2.23. The SMILES string of the molecule is COC(=O)/C(=C\CCc1ccccc1)C[Si](C)(C)c1ccccc1. The maximum atomic E-state index is 12.2. The average Bonchev–Trinajstić information content (AvgIpc) is 2.62. The highest BCUT2D eigenvalue weighted by atomic mass is 28.3. The van der Waals surface area contributed by atoms with Crippen molar-refractivity contribution >= 4 is 19.2 Å². The van der Waals surface area contributed by atoms with Crippen molar-refractivity contribution in [2.75, 3.05) is 7.11 Å². The van der Waals surface area contributed by atoms with Crippen LogP contribution >= 0.6 is 0 Å². The summed E-state index contributed by atoms with van der Waals surface area (Å²) >= 11 is 0. The van der Waals surface area contributed by atoms with E-state index in [1.165, 1.54) is 17.9 Å². The van der Waals surface area contributed by atoms with E-state index in [-0.39, 0.29) is 5.97 Å². The number of carbonyl (C=O) groups excluding carboxylic acids is 1. The molecule has 0 spiro atoms. The van der Waals surface area contributed by atoms with Crippen LogP contribution in [0.4, 0.5) is 0 Å². The van der Waals surface area contributed by atoms with Gasteiger partial charge in [-0.05, 0) is 24.4 Å². The molecule has 24 heavy (non-hydrogen) atoms. The number of allylic oxidation sites excluding steroid dienone is 1. The molecule has 0 saturated heterocycles. The molecule has 0 fully saturated rings. The Hall–Kier alpha value is -2.13. The van der Waals surface area contributed by atoms with Crippen LogP contribution < -0.4 is 5.19 Å². The topological polar surface area (TPSA) is 26.3 Å². The van der Waals surface area contributed by atoms with Crippen LogP contribution in [0.15, 0.2) is 72.3 Å². The molecule has 0 N–H and O–H groups in total. The number of hydrogen-bond acceptors (Lipinski definition) is 2. The van der Waals surface area contributed by atoms with Gasteiger partial charge in [0.05, 0.1) is 15.2 Å². The van der Waals surface area contributed by atoms with Crippen LogP contribution in [0.3, 0.4) is 0 Å². The summed E-state index contributed by atoms with van der Waals surface area (Å²) < 4.78 is 5.01. The number of ether oxygens (including phenoxy) is 1. The number of methoxy groups -OCH3 is 1. The number of benzene rings is 2. The second kappa shape index (κ2) is 8.64. The minimum Gasteiger partial charge on any atom is -0.466 e. The second-order valence-corrected chi connectivity index (χ2v) is 11.4. The number of carbonyl (C=O) groups is 1. The van der Waals surface area contributed by atoms with E-state index in [1.54, 1.807) is 0 Å². The summed E-state index contributed by atoms with van der Waals surface area (Å²) in [6.45, 7) is 4.60. The van der Waals surface area contributed by atoms with E-state index < -0.39 is 8.07 Å². The van der Waals surface area contributed by atoms with Gasteiger partial charge >= 0.3 is 5.97 Å². The molecule has 2 nitrogen and oxygen atoms in total. The Morgan fingerprint density at radius 3 is 2.17 bits per heavy atom. The highest BCUT2D eigenvalue weighted by Gasteiger charge is 2.27. The maximum Gasteiger partial charge on any atom is 0.333 e. The molecule has 0 unspecified atom stereocenters. The van der Waals surface area contributed by atoms with Gasteiger partial charge in [-0.3, -0.25) is 0 Å². The van der Waals surface area contributed by atoms with Gasteiger partial charge in [0.25, 0.3) is 0 Å². The molecule has 2 aromatic carbocycles. The van der Waals surface area contributed by atoms with Crippen LogP contribution in [-0.4, -0.2) is 21.2 Å². The van der Waals surface area contributed by atoms with Crippen molar-refractivity contribution in [3.8, 4) is 0 Å². The average molecular weight is 339 g/mol. The zero-order valence-electron chi connectivity index (χ0n) is 14.8. The van der Waals surface area contributed by atoms with Crippen molar-refractivity contribution < 1.29 is 9.53 Å². The van der Waals surface area contributed by atoms with Crippen LogP contribution in [-0.2, 0) is 16.0 Å². The molecule has 0 aliphatic rings. The first-order chi connectivity index (χ1) is 11.5. The third-order valence-electron chi connectivity index (χ3n) is 4.30. The fourth-order valence-corrected chi connectivity index (χ4v) is 5.42. The molecule has 0 bridgehead atoms. The monoisotopic (exact) mass is 338 g/mol. The second-order valence-electron chi connectivity index (χ2n) is 6.67. The molecule has 3 heteroatoms. The van der Waals surface area contributed by atoms with E-state index in [4.69, 9.17) is 4.74 Å². The van der Waals surface area contributed by atoms with E-state index in [0.717, 1.165) is 24.5 Å². The third kappa shape index (κ3) is 5.20. The van der Waals surface area contributed by atoms with E-state index in [1.807, 2.05) is 24.3 Å². The van der Waals surface area contributed by atoms with Gasteiger partial charge in [-0.15, -0.1) is 0 Å². The maximum absolute atomic E-state index is 12.2. The van der Waals surface area contributed by atoms with Crippen LogP contribution in [0.1, 0.15) is 12.0 Å². The predicted molar refractivity (Wildman–Crippen MR) is 103 cm³/mol. The summed E-state index contributed by atoms with van der Waals surface area (Å²) in [7, 11) is -0.257. The summed E-state index contributed by atoms with van der Waals surface area (Å²) in [6, 6.07) is 21.7. The highest BCUT2D eigenvalue weighted by Crippen LogP contribution is 2.19. The zero-order chi connectivity index (χ0) is 17.4. The Morgan fingerprint density at radius 2 is 1.58 bits per heavy atom. The molecule has 126 valence electrons. The number of hydrogen-bond donors (Lipinski definition) is 0. The minimum absolute atomic E-state index is 0.195. The highest BCUT2D eigenvalue weighted by molar-refractivity contribution is 6.90. The lowest BCUT2D eigenvalue weighted by molar-refractivity contribution is -0.136. The summed E-state index contributed by atoms with van der Waals surface area (Å²) in [4.78, 5) is 12.2. The minimum atomic E-state index is -1.72. The van der Waals surface area contributed by atoms with Crippen LogP contribution in [0, 0.1) is 0 Å². The normalized spacial score (nSPS) is 12.0. The first-order valence-corrected chi connectivity index (χ1v) is 11.6. The zero-order valence-corrected chi connectivity index (χ0v) is 15.8. The van der Waals surface area contributed by atoms with Crippen molar-refractivity contribution in [1.82, 2.24) is 0 Å². The van der Waals surface area contributed by atoms with Gasteiger partial charge in [0.2, 0.25) is 0 Å². The number of esters is 1. The largest absolute Gasteiger partial charge is 0.466 e. The summed E-state index contributed by atoms with van der Waals surface area (Å²) in [5.41, 5.74) is 2.10. The molecule has 0 radical (unpaired) electrons. The smallest absolute Gasteiger partial charge is 0.333 e. The molecule has 0 aliphatic carbocycles. The van der Waals surface area contributed by atoms with Crippen molar-refractivity contribution in [1.29, 1.82) is 0 Å². The Bertz CT molecular complexity index is 675. The lowest BCUT2D eigenvalue weighted by atomic mass is 10.1. The molecule has 2 rings (SSSR count). The van der Waals surface area contributed by atoms with Gasteiger partial charge in [0.15, 0.2) is 0 Å². The summed E-state index contributed by atoms with van der Waals surface area (Å²) in [5, 5.41) is 1.36. The Kier molecular flexibility index (Phi) is 6.56. The lowest BCUT2D eigenvalue weighted by Crippen LogP contribution is -2.42. The van der Waals surface area contributed by atoms with E-state index in [2.05, 4.69) is 55.6 Å². The molecule has 0 amide bonds. The number of rotatable bonds is 7. The Morgan fingerprint density at radius 1 is 1.00 bits per heavy atom. The van der Waals surface area contributed by atoms with Gasteiger partial charge in [-0.2, -0.15) is 0 Å². The van der Waals surface area contributed by atoms with Gasteiger partial charge in [0.1, 0.15) is 0 Å². The summed E-state index contributed by atoms with van der Waals surface area (Å²) in [5.74, 6) is -0.195. The third-order valence-corrected chi connectivity index (χ3v) is 7.46. The van der Waals surface area contributed by atoms with Crippen molar-refractivity contribution in [3.63, 3.8) is 0 Å². The van der Waals surface area contributed by atoms with E-state index in [9.17, 15) is 4.79 Å². The molecule has 0 atom stereocenters. The first-order valence-electron chi connectivity index (χ1n) is 8.40.